The molecule has 0 saturated heterocycles. The molecule has 3 nitrogen and oxygen atoms in total. The zero-order valence-electron chi connectivity index (χ0n) is 10.4. The maximum atomic E-state index is 5.56. The molecular weight excluding hydrogens is 292 g/mol. The van der Waals surface area contributed by atoms with Gasteiger partial charge in [0.15, 0.2) is 0 Å². The molecule has 1 heterocycles. The topological polar surface area (TPSA) is 34.1 Å². The number of hydrogen-bond donors (Lipinski definition) is 1. The third-order valence-corrected chi connectivity index (χ3v) is 3.31. The summed E-state index contributed by atoms with van der Waals surface area (Å²) in [6.45, 7) is 4.58. The van der Waals surface area contributed by atoms with Crippen LogP contribution in [0, 0.1) is 6.92 Å². The smallest absolute Gasteiger partial charge is 0.142 e. The Kier molecular flexibility index (Phi) is 4.20. The lowest BCUT2D eigenvalue weighted by Crippen LogP contribution is -1.99. The van der Waals surface area contributed by atoms with Gasteiger partial charge in [-0.25, -0.2) is 4.98 Å². The maximum Gasteiger partial charge on any atom is 0.142 e. The monoisotopic (exact) mass is 306 g/mol. The van der Waals surface area contributed by atoms with Gasteiger partial charge in [-0.2, -0.15) is 0 Å². The Morgan fingerprint density at radius 3 is 2.72 bits per heavy atom. The minimum absolute atomic E-state index is 0.644. The van der Waals surface area contributed by atoms with Crippen molar-refractivity contribution in [2.75, 3.05) is 11.9 Å². The summed E-state index contributed by atoms with van der Waals surface area (Å²) in [6.07, 6.45) is 0. The Hall–Kier alpha value is -1.55. The summed E-state index contributed by atoms with van der Waals surface area (Å²) in [5.74, 6) is 1.64. The molecule has 0 amide bonds. The average molecular weight is 307 g/mol. The number of nitrogens with zero attached hydrogens (tertiary/aromatic N) is 1. The number of para-hydroxylation sites is 2. The number of hydrogen-bond acceptors (Lipinski definition) is 3. The van der Waals surface area contributed by atoms with Crippen molar-refractivity contribution in [3.8, 4) is 5.75 Å². The molecule has 4 heteroatoms. The molecule has 2 aromatic rings. The molecule has 0 aliphatic rings. The minimum Gasteiger partial charge on any atom is -0.492 e. The first-order valence-corrected chi connectivity index (χ1v) is 6.62. The Labute approximate surface area is 115 Å². The van der Waals surface area contributed by atoms with Crippen LogP contribution in [0.1, 0.15) is 12.6 Å². The molecule has 0 bridgehead atoms. The van der Waals surface area contributed by atoms with Gasteiger partial charge in [-0.05, 0) is 54.0 Å². The van der Waals surface area contributed by atoms with Crippen molar-refractivity contribution in [1.82, 2.24) is 4.98 Å². The number of ether oxygens (including phenoxy) is 1. The molecule has 0 saturated carbocycles. The van der Waals surface area contributed by atoms with Gasteiger partial charge >= 0.3 is 0 Å². The number of aryl methyl sites for hydroxylation is 1. The molecule has 1 N–H and O–H groups in total. The van der Waals surface area contributed by atoms with Gasteiger partial charge < -0.3 is 10.1 Å². The molecular formula is C14H15BrN2O. The number of halogens is 1. The summed E-state index contributed by atoms with van der Waals surface area (Å²) < 4.78 is 6.57. The Morgan fingerprint density at radius 2 is 2.00 bits per heavy atom. The van der Waals surface area contributed by atoms with Crippen LogP contribution in [-0.2, 0) is 0 Å². The van der Waals surface area contributed by atoms with Crippen molar-refractivity contribution in [2.45, 2.75) is 13.8 Å². The van der Waals surface area contributed by atoms with Gasteiger partial charge in [0.05, 0.1) is 18.0 Å². The van der Waals surface area contributed by atoms with E-state index in [1.54, 1.807) is 0 Å². The van der Waals surface area contributed by atoms with Crippen LogP contribution < -0.4 is 10.1 Å². The van der Waals surface area contributed by atoms with E-state index in [0.717, 1.165) is 27.4 Å². The Bertz CT molecular complexity index is 543. The normalized spacial score (nSPS) is 10.2. The molecule has 0 unspecified atom stereocenters. The van der Waals surface area contributed by atoms with Crippen LogP contribution in [0.4, 0.5) is 11.5 Å². The number of anilines is 2. The molecule has 0 aliphatic carbocycles. The van der Waals surface area contributed by atoms with Gasteiger partial charge in [0, 0.05) is 4.47 Å². The highest BCUT2D eigenvalue weighted by Crippen LogP contribution is 2.27. The molecule has 0 aliphatic heterocycles. The SMILES string of the molecule is CCOc1ccccc1Nc1ccc(Br)c(C)n1. The Morgan fingerprint density at radius 1 is 1.22 bits per heavy atom. The lowest BCUT2D eigenvalue weighted by Gasteiger charge is -2.12. The summed E-state index contributed by atoms with van der Waals surface area (Å²) in [7, 11) is 0. The molecule has 1 aromatic heterocycles. The molecule has 0 radical (unpaired) electrons. The third kappa shape index (κ3) is 3.01. The summed E-state index contributed by atoms with van der Waals surface area (Å²) in [5, 5.41) is 3.27. The molecule has 1 aromatic carbocycles. The lowest BCUT2D eigenvalue weighted by molar-refractivity contribution is 0.342. The van der Waals surface area contributed by atoms with Crippen molar-refractivity contribution in [3.05, 3.63) is 46.6 Å². The number of rotatable bonds is 4. The highest BCUT2D eigenvalue weighted by molar-refractivity contribution is 9.10. The van der Waals surface area contributed by atoms with E-state index in [9.17, 15) is 0 Å². The molecule has 0 atom stereocenters. The largest absolute Gasteiger partial charge is 0.492 e. The quantitative estimate of drug-likeness (QED) is 0.914. The maximum absolute atomic E-state index is 5.56. The molecule has 2 rings (SSSR count). The highest BCUT2D eigenvalue weighted by atomic mass is 79.9. The van der Waals surface area contributed by atoms with Crippen LogP contribution in [0.2, 0.25) is 0 Å². The van der Waals surface area contributed by atoms with E-state index in [-0.39, 0.29) is 0 Å². The van der Waals surface area contributed by atoms with Crippen LogP contribution in [0.25, 0.3) is 0 Å². The van der Waals surface area contributed by atoms with Crippen molar-refractivity contribution >= 4 is 27.4 Å². The number of aromatic nitrogens is 1. The fraction of sp³-hybridized carbons (Fsp3) is 0.214. The van der Waals surface area contributed by atoms with Crippen LogP contribution >= 0.6 is 15.9 Å². The standard InChI is InChI=1S/C14H15BrN2O/c1-3-18-13-7-5-4-6-12(13)17-14-9-8-11(15)10(2)16-14/h4-9H,3H2,1-2H3,(H,16,17). The van der Waals surface area contributed by atoms with Gasteiger partial charge in [0.1, 0.15) is 11.6 Å². The van der Waals surface area contributed by atoms with Crippen molar-refractivity contribution < 1.29 is 4.74 Å². The summed E-state index contributed by atoms with van der Waals surface area (Å²) in [5.41, 5.74) is 1.88. The van der Waals surface area contributed by atoms with E-state index in [1.165, 1.54) is 0 Å². The fourth-order valence-corrected chi connectivity index (χ4v) is 1.82. The van der Waals surface area contributed by atoms with Crippen molar-refractivity contribution in [3.63, 3.8) is 0 Å². The van der Waals surface area contributed by atoms with Crippen molar-refractivity contribution in [2.24, 2.45) is 0 Å². The highest BCUT2D eigenvalue weighted by Gasteiger charge is 2.04. The predicted octanol–water partition coefficient (Wildman–Crippen LogP) is 4.29. The zero-order valence-corrected chi connectivity index (χ0v) is 12.0. The lowest BCUT2D eigenvalue weighted by atomic mass is 10.3. The molecule has 94 valence electrons. The van der Waals surface area contributed by atoms with Crippen LogP contribution in [0.5, 0.6) is 5.75 Å². The summed E-state index contributed by atoms with van der Waals surface area (Å²) >= 11 is 3.44. The molecule has 0 spiro atoms. The summed E-state index contributed by atoms with van der Waals surface area (Å²) in [6, 6.07) is 11.8. The van der Waals surface area contributed by atoms with E-state index in [1.807, 2.05) is 50.2 Å². The van der Waals surface area contributed by atoms with Gasteiger partial charge in [-0.1, -0.05) is 12.1 Å². The number of nitrogens with one attached hydrogen (secondary N) is 1. The zero-order chi connectivity index (χ0) is 13.0. The second-order valence-corrected chi connectivity index (χ2v) is 4.67. The average Bonchev–Trinajstić information content (AvgIpc) is 2.37. The van der Waals surface area contributed by atoms with Gasteiger partial charge in [-0.15, -0.1) is 0 Å². The second-order valence-electron chi connectivity index (χ2n) is 3.82. The predicted molar refractivity (Wildman–Crippen MR) is 77.6 cm³/mol. The van der Waals surface area contributed by atoms with E-state index in [0.29, 0.717) is 6.61 Å². The van der Waals surface area contributed by atoms with E-state index in [2.05, 4.69) is 26.2 Å². The van der Waals surface area contributed by atoms with Crippen LogP contribution in [0.15, 0.2) is 40.9 Å². The van der Waals surface area contributed by atoms with Gasteiger partial charge in [0.25, 0.3) is 0 Å². The molecule has 18 heavy (non-hydrogen) atoms. The van der Waals surface area contributed by atoms with E-state index in [4.69, 9.17) is 4.74 Å². The van der Waals surface area contributed by atoms with Gasteiger partial charge in [-0.3, -0.25) is 0 Å². The first-order chi connectivity index (χ1) is 8.70. The number of pyridine rings is 1. The van der Waals surface area contributed by atoms with Crippen LogP contribution in [-0.4, -0.2) is 11.6 Å². The van der Waals surface area contributed by atoms with E-state index >= 15 is 0 Å². The minimum atomic E-state index is 0.644. The van der Waals surface area contributed by atoms with E-state index < -0.39 is 0 Å². The van der Waals surface area contributed by atoms with Crippen molar-refractivity contribution in [1.29, 1.82) is 0 Å². The summed E-state index contributed by atoms with van der Waals surface area (Å²) in [4.78, 5) is 4.46. The van der Waals surface area contributed by atoms with Crippen LogP contribution in [0.3, 0.4) is 0 Å². The molecule has 0 fully saturated rings. The second kappa shape index (κ2) is 5.87. The number of benzene rings is 1. The van der Waals surface area contributed by atoms with Gasteiger partial charge in [0.2, 0.25) is 0 Å². The first kappa shape index (κ1) is 12.9. The first-order valence-electron chi connectivity index (χ1n) is 5.82. The third-order valence-electron chi connectivity index (χ3n) is 2.47. The Balaban J connectivity index is 2.25. The fourth-order valence-electron chi connectivity index (χ4n) is 1.60.